The monoisotopic (exact) mass is 347 g/mol. The average Bonchev–Trinajstić information content (AvgIpc) is 2.58. The van der Waals surface area contributed by atoms with Crippen LogP contribution in [0.2, 0.25) is 0 Å². The van der Waals surface area contributed by atoms with Gasteiger partial charge in [0.2, 0.25) is 0 Å². The summed E-state index contributed by atoms with van der Waals surface area (Å²) >= 11 is 0. The van der Waals surface area contributed by atoms with Crippen LogP contribution in [0.5, 0.6) is 5.75 Å². The Kier molecular flexibility index (Phi) is 4.95. The molecule has 2 N–H and O–H groups in total. The molecule has 3 rings (SSSR count). The van der Waals surface area contributed by atoms with Crippen LogP contribution >= 0.6 is 0 Å². The van der Waals surface area contributed by atoms with E-state index in [4.69, 9.17) is 10.5 Å². The van der Waals surface area contributed by atoms with Crippen LogP contribution in [0.15, 0.2) is 48.1 Å². The number of anilines is 1. The number of nitrogens with two attached hydrogens (primary N) is 1. The fraction of sp³-hybridized carbons (Fsp3) is 0.333. The number of fused-ring (bicyclic) bond motifs is 1. The zero-order valence-electron chi connectivity index (χ0n) is 16.5. The van der Waals surface area contributed by atoms with Crippen molar-refractivity contribution in [2.45, 2.75) is 53.1 Å². The number of hydrogen-bond acceptors (Lipinski definition) is 2. The first kappa shape index (κ1) is 18.3. The highest BCUT2D eigenvalue weighted by atomic mass is 16.5. The van der Waals surface area contributed by atoms with Crippen LogP contribution in [0.25, 0.3) is 17.2 Å². The Morgan fingerprint density at radius 1 is 1.15 bits per heavy atom. The van der Waals surface area contributed by atoms with E-state index < -0.39 is 0 Å². The number of ether oxygens (including phenoxy) is 1. The molecule has 0 aromatic heterocycles. The minimum atomic E-state index is -0.290. The van der Waals surface area contributed by atoms with Crippen molar-refractivity contribution in [3.63, 3.8) is 0 Å². The van der Waals surface area contributed by atoms with E-state index in [9.17, 15) is 0 Å². The summed E-state index contributed by atoms with van der Waals surface area (Å²) in [4.78, 5) is 0. The van der Waals surface area contributed by atoms with E-state index in [0.29, 0.717) is 0 Å². The van der Waals surface area contributed by atoms with E-state index in [-0.39, 0.29) is 5.60 Å². The van der Waals surface area contributed by atoms with Crippen molar-refractivity contribution in [1.29, 1.82) is 0 Å². The standard InChI is InChI=1S/C24H29NO/c1-16(2)7-6-13-24(5)14-12-20-22(25)21(15-18(4)23(20)26-24)19-10-8-17(3)9-11-19/h7-12,14-15H,6,13,25H2,1-5H3. The van der Waals surface area contributed by atoms with Crippen LogP contribution in [-0.2, 0) is 0 Å². The molecule has 0 radical (unpaired) electrons. The quantitative estimate of drug-likeness (QED) is 0.508. The van der Waals surface area contributed by atoms with Gasteiger partial charge in [-0.05, 0) is 76.8 Å². The summed E-state index contributed by atoms with van der Waals surface area (Å²) in [6.07, 6.45) is 8.52. The zero-order valence-corrected chi connectivity index (χ0v) is 16.5. The van der Waals surface area contributed by atoms with Gasteiger partial charge in [-0.3, -0.25) is 0 Å². The lowest BCUT2D eigenvalue weighted by Gasteiger charge is -2.33. The van der Waals surface area contributed by atoms with Crippen molar-refractivity contribution in [2.75, 3.05) is 5.73 Å². The fourth-order valence-corrected chi connectivity index (χ4v) is 3.42. The van der Waals surface area contributed by atoms with E-state index in [0.717, 1.165) is 46.5 Å². The summed E-state index contributed by atoms with van der Waals surface area (Å²) in [6.45, 7) is 10.6. The predicted molar refractivity (Wildman–Crippen MR) is 112 cm³/mol. The van der Waals surface area contributed by atoms with Gasteiger partial charge >= 0.3 is 0 Å². The zero-order chi connectivity index (χ0) is 18.9. The molecule has 0 saturated carbocycles. The minimum Gasteiger partial charge on any atom is -0.482 e. The number of nitrogen functional groups attached to an aromatic ring is 1. The van der Waals surface area contributed by atoms with E-state index in [1.54, 1.807) is 0 Å². The molecule has 0 aliphatic carbocycles. The molecule has 2 aromatic carbocycles. The maximum atomic E-state index is 6.53. The third-order valence-corrected chi connectivity index (χ3v) is 5.04. The molecule has 1 unspecified atom stereocenters. The van der Waals surface area contributed by atoms with Gasteiger partial charge in [0, 0.05) is 11.1 Å². The Labute approximate surface area is 157 Å². The molecule has 2 nitrogen and oxygen atoms in total. The highest BCUT2D eigenvalue weighted by Crippen LogP contribution is 2.43. The van der Waals surface area contributed by atoms with Crippen LogP contribution in [0.4, 0.5) is 5.69 Å². The van der Waals surface area contributed by atoms with Gasteiger partial charge in [0.25, 0.3) is 0 Å². The predicted octanol–water partition coefficient (Wildman–Crippen LogP) is 6.46. The molecule has 2 heteroatoms. The first-order valence-electron chi connectivity index (χ1n) is 9.31. The molecule has 1 heterocycles. The summed E-state index contributed by atoms with van der Waals surface area (Å²) in [5, 5.41) is 0. The first-order chi connectivity index (χ1) is 12.3. The van der Waals surface area contributed by atoms with Gasteiger partial charge in [0.05, 0.1) is 5.69 Å². The van der Waals surface area contributed by atoms with Crippen LogP contribution in [0.3, 0.4) is 0 Å². The van der Waals surface area contributed by atoms with Gasteiger partial charge in [-0.1, -0.05) is 41.5 Å². The molecular formula is C24H29NO. The van der Waals surface area contributed by atoms with Gasteiger partial charge in [-0.2, -0.15) is 0 Å². The molecule has 26 heavy (non-hydrogen) atoms. The highest BCUT2D eigenvalue weighted by Gasteiger charge is 2.29. The van der Waals surface area contributed by atoms with Gasteiger partial charge in [0.1, 0.15) is 11.4 Å². The largest absolute Gasteiger partial charge is 0.482 e. The number of allylic oxidation sites excluding steroid dienone is 2. The number of rotatable bonds is 4. The molecule has 1 aliphatic rings. The second kappa shape index (κ2) is 7.03. The van der Waals surface area contributed by atoms with Crippen LogP contribution in [0.1, 0.15) is 50.3 Å². The SMILES string of the molecule is CC(C)=CCCC1(C)C=Cc2c(N)c(-c3ccc(C)cc3)cc(C)c2O1. The summed E-state index contributed by atoms with van der Waals surface area (Å²) in [6, 6.07) is 10.6. The van der Waals surface area contributed by atoms with E-state index >= 15 is 0 Å². The molecule has 2 aromatic rings. The Morgan fingerprint density at radius 2 is 1.85 bits per heavy atom. The molecule has 136 valence electrons. The molecule has 1 atom stereocenters. The van der Waals surface area contributed by atoms with Crippen LogP contribution in [0, 0.1) is 13.8 Å². The van der Waals surface area contributed by atoms with E-state index in [1.807, 2.05) is 0 Å². The maximum absolute atomic E-state index is 6.53. The fourth-order valence-electron chi connectivity index (χ4n) is 3.42. The summed E-state index contributed by atoms with van der Waals surface area (Å²) < 4.78 is 6.43. The maximum Gasteiger partial charge on any atom is 0.132 e. The Balaban J connectivity index is 1.96. The van der Waals surface area contributed by atoms with Crippen molar-refractivity contribution >= 4 is 11.8 Å². The van der Waals surface area contributed by atoms with Gasteiger partial charge < -0.3 is 10.5 Å². The molecule has 0 fully saturated rings. The smallest absolute Gasteiger partial charge is 0.132 e. The Hall–Kier alpha value is -2.48. The molecular weight excluding hydrogens is 318 g/mol. The number of aryl methyl sites for hydroxylation is 2. The Bertz CT molecular complexity index is 870. The summed E-state index contributed by atoms with van der Waals surface area (Å²) in [5.74, 6) is 0.917. The lowest BCUT2D eigenvalue weighted by molar-refractivity contribution is 0.128. The van der Waals surface area contributed by atoms with Crippen molar-refractivity contribution in [3.05, 3.63) is 64.7 Å². The second-order valence-electron chi connectivity index (χ2n) is 7.83. The molecule has 0 saturated heterocycles. The molecule has 0 amide bonds. The van der Waals surface area contributed by atoms with E-state index in [1.165, 1.54) is 11.1 Å². The van der Waals surface area contributed by atoms with Crippen molar-refractivity contribution < 1.29 is 4.74 Å². The third kappa shape index (κ3) is 3.70. The van der Waals surface area contributed by atoms with Crippen LogP contribution in [-0.4, -0.2) is 5.60 Å². The van der Waals surface area contributed by atoms with Crippen LogP contribution < -0.4 is 10.5 Å². The number of benzene rings is 2. The lowest BCUT2D eigenvalue weighted by atomic mass is 9.90. The molecule has 1 aliphatic heterocycles. The van der Waals surface area contributed by atoms with Crippen molar-refractivity contribution in [3.8, 4) is 16.9 Å². The Morgan fingerprint density at radius 3 is 2.50 bits per heavy atom. The summed E-state index contributed by atoms with van der Waals surface area (Å²) in [5.41, 5.74) is 14.0. The molecule has 0 bridgehead atoms. The summed E-state index contributed by atoms with van der Waals surface area (Å²) in [7, 11) is 0. The highest BCUT2D eigenvalue weighted by molar-refractivity contribution is 5.87. The van der Waals surface area contributed by atoms with E-state index in [2.05, 4.69) is 83.2 Å². The average molecular weight is 348 g/mol. The van der Waals surface area contributed by atoms with Crippen molar-refractivity contribution in [2.24, 2.45) is 0 Å². The second-order valence-corrected chi connectivity index (χ2v) is 7.83. The third-order valence-electron chi connectivity index (χ3n) is 5.04. The van der Waals surface area contributed by atoms with Gasteiger partial charge in [-0.15, -0.1) is 0 Å². The normalized spacial score (nSPS) is 18.2. The lowest BCUT2D eigenvalue weighted by Crippen LogP contribution is -2.32. The van der Waals surface area contributed by atoms with Gasteiger partial charge in [-0.25, -0.2) is 0 Å². The number of hydrogen-bond donors (Lipinski definition) is 1. The first-order valence-corrected chi connectivity index (χ1v) is 9.31. The van der Waals surface area contributed by atoms with Crippen molar-refractivity contribution in [1.82, 2.24) is 0 Å². The van der Waals surface area contributed by atoms with Gasteiger partial charge in [0.15, 0.2) is 0 Å². The minimum absolute atomic E-state index is 0.290. The molecule has 0 spiro atoms. The topological polar surface area (TPSA) is 35.2 Å².